The van der Waals surface area contributed by atoms with Crippen LogP contribution < -0.4 is 0 Å². The molecule has 0 aliphatic rings. The summed E-state index contributed by atoms with van der Waals surface area (Å²) in [6.45, 7) is 11.1. The lowest BCUT2D eigenvalue weighted by Crippen LogP contribution is -2.11. The first-order chi connectivity index (χ1) is 9.42. The van der Waals surface area contributed by atoms with Crippen molar-refractivity contribution in [1.82, 2.24) is 9.78 Å². The molecule has 0 amide bonds. The van der Waals surface area contributed by atoms with Gasteiger partial charge in [-0.1, -0.05) is 17.7 Å². The predicted octanol–water partition coefficient (Wildman–Crippen LogP) is 3.41. The maximum absolute atomic E-state index is 10.6. The van der Waals surface area contributed by atoms with Crippen molar-refractivity contribution in [1.29, 1.82) is 0 Å². The Hall–Kier alpha value is -1.61. The summed E-state index contributed by atoms with van der Waals surface area (Å²) in [6.07, 6.45) is 0.138. The number of hydrogen-bond acceptors (Lipinski definition) is 2. The second kappa shape index (κ2) is 5.80. The highest BCUT2D eigenvalue weighted by atomic mass is 16.3. The Morgan fingerprint density at radius 1 is 1.10 bits per heavy atom. The molecule has 1 heterocycles. The highest BCUT2D eigenvalue weighted by Crippen LogP contribution is 2.24. The van der Waals surface area contributed by atoms with Crippen molar-refractivity contribution in [2.75, 3.05) is 0 Å². The van der Waals surface area contributed by atoms with Crippen LogP contribution in [0.3, 0.4) is 0 Å². The molecule has 2 aromatic rings. The van der Waals surface area contributed by atoms with E-state index in [0.717, 1.165) is 17.9 Å². The summed E-state index contributed by atoms with van der Waals surface area (Å²) in [4.78, 5) is 0. The number of nitrogens with zero attached hydrogens (tertiary/aromatic N) is 2. The molecule has 0 spiro atoms. The van der Waals surface area contributed by atoms with Gasteiger partial charge in [-0.05, 0) is 57.4 Å². The molecule has 0 aliphatic heterocycles. The fraction of sp³-hybridized carbons (Fsp3) is 0.471. The van der Waals surface area contributed by atoms with Crippen LogP contribution in [0.4, 0.5) is 0 Å². The second-order valence-corrected chi connectivity index (χ2v) is 5.62. The summed E-state index contributed by atoms with van der Waals surface area (Å²) in [5, 5.41) is 15.0. The molecule has 3 heteroatoms. The van der Waals surface area contributed by atoms with Crippen LogP contribution in [0.25, 0.3) is 0 Å². The Morgan fingerprint density at radius 3 is 2.25 bits per heavy atom. The Labute approximate surface area is 121 Å². The number of aliphatic hydroxyl groups is 1. The summed E-state index contributed by atoms with van der Waals surface area (Å²) in [5.74, 6) is 0. The van der Waals surface area contributed by atoms with Gasteiger partial charge >= 0.3 is 0 Å². The summed E-state index contributed by atoms with van der Waals surface area (Å²) < 4.78 is 1.89. The van der Waals surface area contributed by atoms with Crippen LogP contribution in [0, 0.1) is 27.7 Å². The van der Waals surface area contributed by atoms with Gasteiger partial charge in [-0.3, -0.25) is 4.68 Å². The van der Waals surface area contributed by atoms with E-state index >= 15 is 0 Å². The smallest absolute Gasteiger partial charge is 0.0997 e. The van der Waals surface area contributed by atoms with E-state index in [2.05, 4.69) is 38.0 Å². The summed E-state index contributed by atoms with van der Waals surface area (Å²) in [7, 11) is 0. The Bertz CT molecular complexity index is 590. The minimum Gasteiger partial charge on any atom is -0.386 e. The first-order valence-corrected chi connectivity index (χ1v) is 7.21. The molecule has 1 aromatic heterocycles. The Kier molecular flexibility index (Phi) is 4.29. The zero-order valence-corrected chi connectivity index (χ0v) is 13.1. The molecule has 108 valence electrons. The fourth-order valence-electron chi connectivity index (χ4n) is 2.92. The molecule has 2 rings (SSSR count). The minimum absolute atomic E-state index is 0.503. The molecule has 20 heavy (non-hydrogen) atoms. The lowest BCUT2D eigenvalue weighted by Gasteiger charge is -2.16. The third-order valence-corrected chi connectivity index (χ3v) is 3.81. The van der Waals surface area contributed by atoms with Crippen molar-refractivity contribution in [2.45, 2.75) is 53.7 Å². The highest BCUT2D eigenvalue weighted by molar-refractivity contribution is 5.38. The van der Waals surface area contributed by atoms with Crippen molar-refractivity contribution in [2.24, 2.45) is 0 Å². The minimum atomic E-state index is -0.503. The van der Waals surface area contributed by atoms with Gasteiger partial charge in [0, 0.05) is 13.0 Å². The highest BCUT2D eigenvalue weighted by Gasteiger charge is 2.17. The molecule has 1 N–H and O–H groups in total. The molecular weight excluding hydrogens is 248 g/mol. The largest absolute Gasteiger partial charge is 0.386 e. The first-order valence-electron chi connectivity index (χ1n) is 7.21. The molecular formula is C17H24N2O. The lowest BCUT2D eigenvalue weighted by atomic mass is 9.94. The predicted molar refractivity (Wildman–Crippen MR) is 82.0 cm³/mol. The van der Waals surface area contributed by atoms with E-state index in [1.807, 2.05) is 24.6 Å². The molecule has 0 radical (unpaired) electrons. The first kappa shape index (κ1) is 14.8. The maximum Gasteiger partial charge on any atom is 0.0997 e. The van der Waals surface area contributed by atoms with Gasteiger partial charge in [-0.15, -0.1) is 0 Å². The maximum atomic E-state index is 10.6. The lowest BCUT2D eigenvalue weighted by molar-refractivity contribution is 0.166. The van der Waals surface area contributed by atoms with Crippen molar-refractivity contribution in [3.8, 4) is 0 Å². The van der Waals surface area contributed by atoms with E-state index in [9.17, 15) is 5.11 Å². The van der Waals surface area contributed by atoms with Crippen LogP contribution in [0.5, 0.6) is 0 Å². The molecule has 3 nitrogen and oxygen atoms in total. The molecule has 0 bridgehead atoms. The average Bonchev–Trinajstić information content (AvgIpc) is 2.75. The van der Waals surface area contributed by atoms with Crippen molar-refractivity contribution in [3.63, 3.8) is 0 Å². The molecule has 0 fully saturated rings. The van der Waals surface area contributed by atoms with E-state index in [0.29, 0.717) is 6.42 Å². The normalized spacial score (nSPS) is 12.7. The third-order valence-electron chi connectivity index (χ3n) is 3.81. The third kappa shape index (κ3) is 2.93. The molecule has 0 saturated carbocycles. The van der Waals surface area contributed by atoms with Crippen LogP contribution in [0.1, 0.15) is 46.7 Å². The van der Waals surface area contributed by atoms with Gasteiger partial charge in [0.15, 0.2) is 0 Å². The Balaban J connectivity index is 2.30. The second-order valence-electron chi connectivity index (χ2n) is 5.62. The average molecular weight is 272 g/mol. The summed E-state index contributed by atoms with van der Waals surface area (Å²) in [5.41, 5.74) is 6.88. The zero-order chi connectivity index (χ0) is 14.9. The molecule has 0 saturated heterocycles. The number of aromatic nitrogens is 2. The standard InChI is InChI=1S/C17H24N2O/c1-6-19-16(9-14(5)18-19)17(20)10-15-12(3)7-11(2)8-13(15)4/h7-9,17,20H,6,10H2,1-5H3. The topological polar surface area (TPSA) is 38.0 Å². The molecule has 1 atom stereocenters. The SMILES string of the molecule is CCn1nc(C)cc1C(O)Cc1c(C)cc(C)cc1C. The van der Waals surface area contributed by atoms with Crippen LogP contribution in [0.15, 0.2) is 18.2 Å². The van der Waals surface area contributed by atoms with Crippen molar-refractivity contribution >= 4 is 0 Å². The van der Waals surface area contributed by atoms with Gasteiger partial charge < -0.3 is 5.11 Å². The van der Waals surface area contributed by atoms with Gasteiger partial charge in [0.25, 0.3) is 0 Å². The Morgan fingerprint density at radius 2 is 1.70 bits per heavy atom. The number of aryl methyl sites for hydroxylation is 5. The number of benzene rings is 1. The summed E-state index contributed by atoms with van der Waals surface area (Å²) >= 11 is 0. The van der Waals surface area contributed by atoms with Gasteiger partial charge in [0.2, 0.25) is 0 Å². The van der Waals surface area contributed by atoms with E-state index < -0.39 is 6.10 Å². The number of rotatable bonds is 4. The van der Waals surface area contributed by atoms with Crippen molar-refractivity contribution in [3.05, 3.63) is 51.8 Å². The van der Waals surface area contributed by atoms with E-state index in [-0.39, 0.29) is 0 Å². The molecule has 1 aromatic carbocycles. The van der Waals surface area contributed by atoms with E-state index in [4.69, 9.17) is 0 Å². The number of hydrogen-bond donors (Lipinski definition) is 1. The molecule has 0 aliphatic carbocycles. The van der Waals surface area contributed by atoms with E-state index in [1.54, 1.807) is 0 Å². The van der Waals surface area contributed by atoms with Crippen LogP contribution in [-0.4, -0.2) is 14.9 Å². The fourth-order valence-corrected chi connectivity index (χ4v) is 2.92. The van der Waals surface area contributed by atoms with Crippen LogP contribution in [0.2, 0.25) is 0 Å². The number of aliphatic hydroxyl groups excluding tert-OH is 1. The zero-order valence-electron chi connectivity index (χ0n) is 13.1. The quantitative estimate of drug-likeness (QED) is 0.926. The van der Waals surface area contributed by atoms with Gasteiger partial charge in [-0.25, -0.2) is 0 Å². The van der Waals surface area contributed by atoms with Crippen LogP contribution in [-0.2, 0) is 13.0 Å². The van der Waals surface area contributed by atoms with Crippen molar-refractivity contribution < 1.29 is 5.11 Å². The van der Waals surface area contributed by atoms with Gasteiger partial charge in [0.05, 0.1) is 17.5 Å². The molecule has 1 unspecified atom stereocenters. The van der Waals surface area contributed by atoms with Crippen LogP contribution >= 0.6 is 0 Å². The van der Waals surface area contributed by atoms with E-state index in [1.165, 1.54) is 22.3 Å². The summed E-state index contributed by atoms with van der Waals surface area (Å²) in [6, 6.07) is 6.34. The van der Waals surface area contributed by atoms with Gasteiger partial charge in [-0.2, -0.15) is 5.10 Å². The monoisotopic (exact) mass is 272 g/mol. The van der Waals surface area contributed by atoms with Gasteiger partial charge in [0.1, 0.15) is 0 Å².